The van der Waals surface area contributed by atoms with Crippen LogP contribution in [0.1, 0.15) is 0 Å². The molecular weight excluding hydrogens is 284 g/mol. The Bertz CT molecular complexity index is 843. The van der Waals surface area contributed by atoms with Crippen molar-refractivity contribution in [3.05, 3.63) is 79.3 Å². The lowest BCUT2D eigenvalue weighted by Gasteiger charge is -2.01. The van der Waals surface area contributed by atoms with Crippen LogP contribution in [0.2, 0.25) is 0 Å². The van der Waals surface area contributed by atoms with Gasteiger partial charge in [-0.05, 0) is 24.3 Å². The second-order valence-corrected chi connectivity index (χ2v) is 5.13. The molecule has 0 bridgehead atoms. The molecule has 0 spiro atoms. The van der Waals surface area contributed by atoms with Gasteiger partial charge in [-0.25, -0.2) is 4.98 Å². The van der Waals surface area contributed by atoms with E-state index in [9.17, 15) is 0 Å². The van der Waals surface area contributed by atoms with Crippen molar-refractivity contribution in [2.45, 2.75) is 0 Å². The molecule has 0 aliphatic carbocycles. The molecule has 4 rings (SSSR count). The molecule has 3 heterocycles. The van der Waals surface area contributed by atoms with Crippen molar-refractivity contribution in [2.75, 3.05) is 0 Å². The zero-order valence-electron chi connectivity index (χ0n) is 12.3. The number of hydrogen-bond acceptors (Lipinski definition) is 3. The monoisotopic (exact) mass is 298 g/mol. The minimum absolute atomic E-state index is 0.824. The van der Waals surface area contributed by atoms with Crippen LogP contribution in [0.3, 0.4) is 0 Å². The van der Waals surface area contributed by atoms with Crippen LogP contribution in [0.4, 0.5) is 0 Å². The number of benzene rings is 1. The molecule has 0 aliphatic heterocycles. The number of aromatic amines is 1. The van der Waals surface area contributed by atoms with Gasteiger partial charge in [0.2, 0.25) is 0 Å². The third-order valence-corrected chi connectivity index (χ3v) is 3.61. The maximum atomic E-state index is 4.78. The van der Waals surface area contributed by atoms with Gasteiger partial charge in [0.05, 0.1) is 11.4 Å². The van der Waals surface area contributed by atoms with Gasteiger partial charge in [-0.1, -0.05) is 36.4 Å². The van der Waals surface area contributed by atoms with Crippen LogP contribution in [-0.4, -0.2) is 19.9 Å². The van der Waals surface area contributed by atoms with Crippen LogP contribution >= 0.6 is 0 Å². The van der Waals surface area contributed by atoms with E-state index in [4.69, 9.17) is 4.98 Å². The zero-order chi connectivity index (χ0) is 15.5. The number of hydrogen-bond donors (Lipinski definition) is 1. The molecule has 0 fully saturated rings. The summed E-state index contributed by atoms with van der Waals surface area (Å²) in [6, 6.07) is 19.8. The van der Waals surface area contributed by atoms with Gasteiger partial charge in [-0.2, -0.15) is 0 Å². The van der Waals surface area contributed by atoms with Crippen molar-refractivity contribution in [3.63, 3.8) is 0 Å². The Morgan fingerprint density at radius 2 is 1.57 bits per heavy atom. The van der Waals surface area contributed by atoms with E-state index in [2.05, 4.69) is 15.0 Å². The average molecular weight is 298 g/mol. The average Bonchev–Trinajstić information content (AvgIpc) is 3.09. The number of rotatable bonds is 3. The van der Waals surface area contributed by atoms with E-state index in [1.54, 1.807) is 12.4 Å². The van der Waals surface area contributed by atoms with Gasteiger partial charge < -0.3 is 4.98 Å². The lowest BCUT2D eigenvalue weighted by molar-refractivity contribution is 1.27. The Morgan fingerprint density at radius 3 is 2.30 bits per heavy atom. The highest BCUT2D eigenvalue weighted by molar-refractivity contribution is 5.79. The molecule has 4 heteroatoms. The third kappa shape index (κ3) is 2.62. The first-order chi connectivity index (χ1) is 11.4. The van der Waals surface area contributed by atoms with E-state index in [1.165, 1.54) is 0 Å². The summed E-state index contributed by atoms with van der Waals surface area (Å²) in [6.45, 7) is 0. The molecule has 4 aromatic rings. The summed E-state index contributed by atoms with van der Waals surface area (Å²) in [4.78, 5) is 16.9. The summed E-state index contributed by atoms with van der Waals surface area (Å²) < 4.78 is 0. The molecule has 3 aromatic heterocycles. The summed E-state index contributed by atoms with van der Waals surface area (Å²) in [5.41, 5.74) is 4.63. The number of imidazole rings is 1. The quantitative estimate of drug-likeness (QED) is 0.616. The molecule has 0 unspecified atom stereocenters. The normalized spacial score (nSPS) is 10.6. The highest BCUT2D eigenvalue weighted by Gasteiger charge is 2.15. The van der Waals surface area contributed by atoms with Crippen LogP contribution in [0.25, 0.3) is 34.0 Å². The molecule has 0 atom stereocenters. The largest absolute Gasteiger partial charge is 0.337 e. The first-order valence-electron chi connectivity index (χ1n) is 7.39. The van der Waals surface area contributed by atoms with Gasteiger partial charge in [0.15, 0.2) is 0 Å². The Morgan fingerprint density at radius 1 is 0.739 bits per heavy atom. The molecular formula is C19H14N4. The summed E-state index contributed by atoms with van der Waals surface area (Å²) in [5, 5.41) is 0. The Balaban J connectivity index is 1.91. The topological polar surface area (TPSA) is 54.5 Å². The summed E-state index contributed by atoms with van der Waals surface area (Å²) in [6.07, 6.45) is 5.37. The number of nitrogens with zero attached hydrogens (tertiary/aromatic N) is 3. The second kappa shape index (κ2) is 5.85. The van der Waals surface area contributed by atoms with Crippen molar-refractivity contribution in [1.29, 1.82) is 0 Å². The Kier molecular flexibility index (Phi) is 3.41. The minimum Gasteiger partial charge on any atom is -0.337 e. The van der Waals surface area contributed by atoms with Gasteiger partial charge in [0, 0.05) is 29.7 Å². The fraction of sp³-hybridized carbons (Fsp3) is 0. The molecule has 0 radical (unpaired) electrons. The smallest absolute Gasteiger partial charge is 0.138 e. The van der Waals surface area contributed by atoms with E-state index >= 15 is 0 Å². The van der Waals surface area contributed by atoms with Crippen LogP contribution < -0.4 is 0 Å². The van der Waals surface area contributed by atoms with E-state index in [-0.39, 0.29) is 0 Å². The predicted molar refractivity (Wildman–Crippen MR) is 90.5 cm³/mol. The predicted octanol–water partition coefficient (Wildman–Crippen LogP) is 4.20. The van der Waals surface area contributed by atoms with Crippen LogP contribution in [0.15, 0.2) is 79.3 Å². The summed E-state index contributed by atoms with van der Waals surface area (Å²) >= 11 is 0. The van der Waals surface area contributed by atoms with E-state index in [0.29, 0.717) is 0 Å². The Hall–Kier alpha value is -3.27. The van der Waals surface area contributed by atoms with Crippen LogP contribution in [0, 0.1) is 0 Å². The number of pyridine rings is 2. The third-order valence-electron chi connectivity index (χ3n) is 3.61. The Labute approximate surface area is 133 Å². The highest BCUT2D eigenvalue weighted by Crippen LogP contribution is 2.31. The lowest BCUT2D eigenvalue weighted by Crippen LogP contribution is -1.86. The standard InChI is InChI=1S/C19H14N4/c1-2-7-14(8-3-1)19-22-17(15-9-6-11-20-13-15)18(23-19)16-10-4-5-12-21-16/h1-13H,(H,22,23). The fourth-order valence-electron chi connectivity index (χ4n) is 2.51. The van der Waals surface area contributed by atoms with Crippen LogP contribution in [-0.2, 0) is 0 Å². The maximum Gasteiger partial charge on any atom is 0.138 e. The SMILES string of the molecule is c1ccc(-c2nc(-c3ccccn3)c(-c3cccnc3)[nH]2)cc1. The van der Waals surface area contributed by atoms with Gasteiger partial charge >= 0.3 is 0 Å². The molecule has 4 nitrogen and oxygen atoms in total. The second-order valence-electron chi connectivity index (χ2n) is 5.13. The minimum atomic E-state index is 0.824. The molecule has 0 amide bonds. The number of nitrogens with one attached hydrogen (secondary N) is 1. The molecule has 0 aliphatic rings. The van der Waals surface area contributed by atoms with Crippen molar-refractivity contribution >= 4 is 0 Å². The van der Waals surface area contributed by atoms with Crippen molar-refractivity contribution < 1.29 is 0 Å². The molecule has 0 saturated heterocycles. The zero-order valence-corrected chi connectivity index (χ0v) is 12.3. The first-order valence-corrected chi connectivity index (χ1v) is 7.39. The first kappa shape index (κ1) is 13.4. The van der Waals surface area contributed by atoms with Gasteiger partial charge in [-0.3, -0.25) is 9.97 Å². The van der Waals surface area contributed by atoms with E-state index in [0.717, 1.165) is 34.0 Å². The summed E-state index contributed by atoms with van der Waals surface area (Å²) in [7, 11) is 0. The number of H-pyrrole nitrogens is 1. The van der Waals surface area contributed by atoms with Crippen molar-refractivity contribution in [2.24, 2.45) is 0 Å². The van der Waals surface area contributed by atoms with Crippen molar-refractivity contribution in [3.8, 4) is 34.0 Å². The maximum absolute atomic E-state index is 4.78. The van der Waals surface area contributed by atoms with E-state index < -0.39 is 0 Å². The number of aromatic nitrogens is 4. The van der Waals surface area contributed by atoms with Crippen molar-refractivity contribution in [1.82, 2.24) is 19.9 Å². The molecule has 1 aromatic carbocycles. The molecule has 110 valence electrons. The lowest BCUT2D eigenvalue weighted by atomic mass is 10.1. The van der Waals surface area contributed by atoms with E-state index in [1.807, 2.05) is 66.9 Å². The fourth-order valence-corrected chi connectivity index (χ4v) is 2.51. The molecule has 1 N–H and O–H groups in total. The van der Waals surface area contributed by atoms with Gasteiger partial charge in [0.1, 0.15) is 11.5 Å². The van der Waals surface area contributed by atoms with Gasteiger partial charge in [-0.15, -0.1) is 0 Å². The summed E-state index contributed by atoms with van der Waals surface area (Å²) in [5.74, 6) is 0.824. The highest BCUT2D eigenvalue weighted by atomic mass is 15.0. The van der Waals surface area contributed by atoms with Gasteiger partial charge in [0.25, 0.3) is 0 Å². The molecule has 0 saturated carbocycles. The molecule has 23 heavy (non-hydrogen) atoms. The van der Waals surface area contributed by atoms with Crippen LogP contribution in [0.5, 0.6) is 0 Å².